The van der Waals surface area contributed by atoms with Crippen molar-refractivity contribution >= 4 is 0 Å². The van der Waals surface area contributed by atoms with Crippen molar-refractivity contribution in [1.82, 2.24) is 0 Å². The van der Waals surface area contributed by atoms with Gasteiger partial charge in [0, 0.05) is 25.8 Å². The van der Waals surface area contributed by atoms with Crippen molar-refractivity contribution in [2.45, 2.75) is 27.7 Å². The molecule has 0 saturated carbocycles. The first-order chi connectivity index (χ1) is 4.13. The summed E-state index contributed by atoms with van der Waals surface area (Å²) < 4.78 is 0. The topological polar surface area (TPSA) is 0 Å². The molecule has 0 nitrogen and oxygen atoms in total. The van der Waals surface area contributed by atoms with Gasteiger partial charge in [0.25, 0.3) is 0 Å². The summed E-state index contributed by atoms with van der Waals surface area (Å²) in [6.45, 7) is 8.68. The van der Waals surface area contributed by atoms with Crippen LogP contribution in [0.4, 0.5) is 0 Å². The van der Waals surface area contributed by atoms with Gasteiger partial charge in [0.05, 0.1) is 0 Å². The van der Waals surface area contributed by atoms with E-state index < -0.39 is 0 Å². The summed E-state index contributed by atoms with van der Waals surface area (Å²) >= 11 is 0. The zero-order valence-corrected chi connectivity index (χ0v) is 12.9. The second kappa shape index (κ2) is 7.23. The molecule has 0 bridgehead atoms. The second-order valence-electron chi connectivity index (χ2n) is 2.76. The maximum atomic E-state index is 2.24. The number of hydrogen-bond donors (Lipinski definition) is 0. The maximum absolute atomic E-state index is 2.24. The predicted molar refractivity (Wildman–Crippen MR) is 41.0 cm³/mol. The van der Waals surface area contributed by atoms with Gasteiger partial charge in [-0.1, -0.05) is 27.7 Å². The maximum Gasteiger partial charge on any atom is 0 e. The molecule has 1 rings (SSSR count). The van der Waals surface area contributed by atoms with Crippen molar-refractivity contribution in [3.8, 4) is 0 Å². The fraction of sp³-hybridized carbons (Fsp3) is 0.444. The molecule has 0 unspecified atom stereocenters. The molecular formula is C9H13Cl2Hf-3. The van der Waals surface area contributed by atoms with Gasteiger partial charge in [0.15, 0.2) is 0 Å². The number of aryl methyl sites for hydroxylation is 2. The van der Waals surface area contributed by atoms with Gasteiger partial charge in [-0.15, -0.1) is 0 Å². The third kappa shape index (κ3) is 3.68. The van der Waals surface area contributed by atoms with E-state index in [2.05, 4.69) is 33.8 Å². The summed E-state index contributed by atoms with van der Waals surface area (Å²) in [6.07, 6.45) is 0. The Labute approximate surface area is 106 Å². The summed E-state index contributed by atoms with van der Waals surface area (Å²) in [7, 11) is 0. The molecule has 0 aliphatic heterocycles. The average molecular weight is 371 g/mol. The van der Waals surface area contributed by atoms with E-state index >= 15 is 0 Å². The van der Waals surface area contributed by atoms with Crippen LogP contribution in [0.2, 0.25) is 0 Å². The van der Waals surface area contributed by atoms with Crippen molar-refractivity contribution in [3.05, 3.63) is 28.3 Å². The van der Waals surface area contributed by atoms with Crippen LogP contribution >= 0.6 is 0 Å². The Morgan fingerprint density at radius 3 is 1.08 bits per heavy atom. The van der Waals surface area contributed by atoms with Crippen molar-refractivity contribution < 1.29 is 50.7 Å². The molecule has 3 heteroatoms. The van der Waals surface area contributed by atoms with Crippen LogP contribution in [0.25, 0.3) is 0 Å². The van der Waals surface area contributed by atoms with Gasteiger partial charge in [0.2, 0.25) is 0 Å². The van der Waals surface area contributed by atoms with Gasteiger partial charge < -0.3 is 24.8 Å². The van der Waals surface area contributed by atoms with E-state index in [0.717, 1.165) is 0 Å². The first kappa shape index (κ1) is 18.6. The average Bonchev–Trinajstić information content (AvgIpc) is 1.98. The van der Waals surface area contributed by atoms with Crippen LogP contribution in [0.15, 0.2) is 6.07 Å². The molecule has 70 valence electrons. The summed E-state index contributed by atoms with van der Waals surface area (Å²) in [5.74, 6) is 0. The minimum absolute atomic E-state index is 0. The van der Waals surface area contributed by atoms with Gasteiger partial charge in [-0.25, -0.2) is 0 Å². The largest absolute Gasteiger partial charge is 1.00 e. The molecule has 12 heavy (non-hydrogen) atoms. The molecule has 0 aliphatic rings. The van der Waals surface area contributed by atoms with E-state index in [0.29, 0.717) is 0 Å². The van der Waals surface area contributed by atoms with Gasteiger partial charge in [0.1, 0.15) is 0 Å². The molecule has 0 N–H and O–H groups in total. The van der Waals surface area contributed by atoms with Crippen molar-refractivity contribution in [2.75, 3.05) is 0 Å². The van der Waals surface area contributed by atoms with Crippen LogP contribution in [0, 0.1) is 27.7 Å². The van der Waals surface area contributed by atoms with E-state index in [1.807, 2.05) is 0 Å². The van der Waals surface area contributed by atoms with Crippen LogP contribution in [0.1, 0.15) is 22.3 Å². The number of hydrogen-bond acceptors (Lipinski definition) is 0. The smallest absolute Gasteiger partial charge is 0 e. The van der Waals surface area contributed by atoms with Crippen molar-refractivity contribution in [2.24, 2.45) is 0 Å². The zero-order valence-electron chi connectivity index (χ0n) is 7.83. The van der Waals surface area contributed by atoms with E-state index in [9.17, 15) is 0 Å². The minimum Gasteiger partial charge on any atom is -1.00 e. The van der Waals surface area contributed by atoms with Gasteiger partial charge in [-0.05, 0) is 0 Å². The Balaban J connectivity index is -0.000000270. The molecule has 0 radical (unpaired) electrons. The molecule has 0 spiro atoms. The molecule has 1 aromatic carbocycles. The SMILES string of the molecule is Cc1[cH-]c(C)c(C)c1C.[Cl-].[Cl-].[Hf]. The van der Waals surface area contributed by atoms with Crippen molar-refractivity contribution in [3.63, 3.8) is 0 Å². The quantitative estimate of drug-likeness (QED) is 0.331. The van der Waals surface area contributed by atoms with E-state index in [-0.39, 0.29) is 50.7 Å². The molecule has 0 heterocycles. The Morgan fingerprint density at radius 2 is 1.00 bits per heavy atom. The van der Waals surface area contributed by atoms with E-state index in [1.54, 1.807) is 0 Å². The van der Waals surface area contributed by atoms with Crippen LogP contribution in [0.3, 0.4) is 0 Å². The fourth-order valence-electron chi connectivity index (χ4n) is 1.13. The van der Waals surface area contributed by atoms with Gasteiger partial charge in [-0.3, -0.25) is 0 Å². The fourth-order valence-corrected chi connectivity index (χ4v) is 1.13. The molecule has 0 saturated heterocycles. The molecule has 0 aliphatic carbocycles. The normalized spacial score (nSPS) is 7.67. The van der Waals surface area contributed by atoms with Crippen LogP contribution in [0.5, 0.6) is 0 Å². The standard InChI is InChI=1S/C9H13.2ClH.Hf/c1-6-5-7(2)9(4)8(6)3;;;/h5H,1-4H3;2*1H;/q-1;;;/p-2. The third-order valence-corrected chi connectivity index (χ3v) is 2.18. The summed E-state index contributed by atoms with van der Waals surface area (Å²) in [4.78, 5) is 0. The molecule has 0 aromatic heterocycles. The molecule has 0 amide bonds. The number of rotatable bonds is 0. The summed E-state index contributed by atoms with van der Waals surface area (Å²) in [6, 6.07) is 2.24. The molecular weight excluding hydrogens is 357 g/mol. The Bertz CT molecular complexity index is 206. The summed E-state index contributed by atoms with van der Waals surface area (Å²) in [5.41, 5.74) is 5.75. The van der Waals surface area contributed by atoms with Crippen LogP contribution < -0.4 is 24.8 Å². The minimum atomic E-state index is 0. The summed E-state index contributed by atoms with van der Waals surface area (Å²) in [5, 5.41) is 0. The predicted octanol–water partition coefficient (Wildman–Crippen LogP) is -3.36. The Morgan fingerprint density at radius 1 is 0.750 bits per heavy atom. The number of halogens is 2. The first-order valence-electron chi connectivity index (χ1n) is 3.33. The van der Waals surface area contributed by atoms with E-state index in [1.165, 1.54) is 22.3 Å². The molecule has 1 aromatic rings. The Kier molecular flexibility index (Phi) is 11.2. The van der Waals surface area contributed by atoms with Gasteiger partial charge >= 0.3 is 0 Å². The third-order valence-electron chi connectivity index (χ3n) is 2.18. The zero-order chi connectivity index (χ0) is 7.02. The van der Waals surface area contributed by atoms with E-state index in [4.69, 9.17) is 0 Å². The van der Waals surface area contributed by atoms with Crippen molar-refractivity contribution in [1.29, 1.82) is 0 Å². The monoisotopic (exact) mass is 371 g/mol. The van der Waals surface area contributed by atoms with Crippen LogP contribution in [-0.2, 0) is 25.8 Å². The molecule has 0 fully saturated rings. The van der Waals surface area contributed by atoms with Crippen LogP contribution in [-0.4, -0.2) is 0 Å². The second-order valence-corrected chi connectivity index (χ2v) is 2.76. The molecule has 0 atom stereocenters. The first-order valence-corrected chi connectivity index (χ1v) is 3.33. The Hall–Kier alpha value is 0.800. The van der Waals surface area contributed by atoms with Gasteiger partial charge in [-0.2, -0.15) is 28.3 Å².